The number of rotatable bonds is 6. The zero-order valence-corrected chi connectivity index (χ0v) is 12.7. The Kier molecular flexibility index (Phi) is 4.18. The van der Waals surface area contributed by atoms with Crippen LogP contribution in [0.5, 0.6) is 0 Å². The van der Waals surface area contributed by atoms with Gasteiger partial charge in [0, 0.05) is 22.8 Å². The first-order chi connectivity index (χ1) is 10.2. The third kappa shape index (κ3) is 3.23. The molecule has 3 aromatic rings. The van der Waals surface area contributed by atoms with Crippen LogP contribution in [0.15, 0.2) is 36.5 Å². The molecule has 3 rings (SSSR count). The molecule has 0 radical (unpaired) electrons. The molecule has 0 fully saturated rings. The van der Waals surface area contributed by atoms with Crippen molar-refractivity contribution < 1.29 is 0 Å². The van der Waals surface area contributed by atoms with Crippen molar-refractivity contribution >= 4 is 21.8 Å². The highest BCUT2D eigenvalue weighted by molar-refractivity contribution is 6.06. The first-order valence-electron chi connectivity index (χ1n) is 7.45. The second-order valence-electron chi connectivity index (χ2n) is 5.73. The summed E-state index contributed by atoms with van der Waals surface area (Å²) in [6.45, 7) is 2.95. The van der Waals surface area contributed by atoms with Gasteiger partial charge in [0.2, 0.25) is 0 Å². The van der Waals surface area contributed by atoms with E-state index in [2.05, 4.69) is 64.6 Å². The summed E-state index contributed by atoms with van der Waals surface area (Å²) in [6.07, 6.45) is 3.09. The lowest BCUT2D eigenvalue weighted by Crippen LogP contribution is -2.21. The maximum atomic E-state index is 4.53. The maximum Gasteiger partial charge on any atom is 0.0651 e. The second-order valence-corrected chi connectivity index (χ2v) is 5.73. The zero-order chi connectivity index (χ0) is 14.7. The number of aromatic amines is 1. The largest absolute Gasteiger partial charge is 0.353 e. The Balaban J connectivity index is 1.70. The van der Waals surface area contributed by atoms with Crippen molar-refractivity contribution in [3.8, 4) is 0 Å². The van der Waals surface area contributed by atoms with Gasteiger partial charge in [-0.1, -0.05) is 18.2 Å². The number of nitrogens with zero attached hydrogens (tertiary/aromatic N) is 2. The van der Waals surface area contributed by atoms with Gasteiger partial charge in [-0.25, -0.2) is 0 Å². The molecule has 1 aromatic carbocycles. The maximum absolute atomic E-state index is 4.53. The van der Waals surface area contributed by atoms with Crippen LogP contribution in [0, 0.1) is 0 Å². The second kappa shape index (κ2) is 6.24. The Morgan fingerprint density at radius 2 is 2.00 bits per heavy atom. The van der Waals surface area contributed by atoms with Crippen LogP contribution < -0.4 is 5.32 Å². The topological polar surface area (TPSA) is 44.0 Å². The molecule has 0 aliphatic heterocycles. The van der Waals surface area contributed by atoms with E-state index in [1.54, 1.807) is 0 Å². The van der Waals surface area contributed by atoms with Gasteiger partial charge in [0.1, 0.15) is 0 Å². The summed E-state index contributed by atoms with van der Waals surface area (Å²) in [4.78, 5) is 10.1. The average Bonchev–Trinajstić information content (AvgIpc) is 2.84. The summed E-state index contributed by atoms with van der Waals surface area (Å²) in [6, 6.07) is 10.6. The lowest BCUT2D eigenvalue weighted by atomic mass is 10.1. The molecule has 2 heterocycles. The molecule has 4 nitrogen and oxygen atoms in total. The predicted octanol–water partition coefficient (Wildman–Crippen LogP) is 2.76. The van der Waals surface area contributed by atoms with Crippen LogP contribution in [-0.4, -0.2) is 42.1 Å². The van der Waals surface area contributed by atoms with Gasteiger partial charge in [0.15, 0.2) is 0 Å². The van der Waals surface area contributed by atoms with Crippen molar-refractivity contribution in [1.29, 1.82) is 0 Å². The SMILES string of the molecule is CN(C)CCCNCc1cc2c(cn1)[nH]c1ccccc12. The molecule has 2 aromatic heterocycles. The molecule has 21 heavy (non-hydrogen) atoms. The number of fused-ring (bicyclic) bond motifs is 3. The van der Waals surface area contributed by atoms with Crippen molar-refractivity contribution in [3.05, 3.63) is 42.2 Å². The molecule has 2 N–H and O–H groups in total. The highest BCUT2D eigenvalue weighted by Crippen LogP contribution is 2.24. The summed E-state index contributed by atoms with van der Waals surface area (Å²) in [5.74, 6) is 0. The first-order valence-corrected chi connectivity index (χ1v) is 7.45. The van der Waals surface area contributed by atoms with Crippen LogP contribution in [-0.2, 0) is 6.54 Å². The minimum absolute atomic E-state index is 0.822. The molecular weight excluding hydrogens is 260 g/mol. The number of hydrogen-bond donors (Lipinski definition) is 2. The zero-order valence-electron chi connectivity index (χ0n) is 12.7. The molecule has 0 aliphatic rings. The Hall–Kier alpha value is -1.91. The van der Waals surface area contributed by atoms with Gasteiger partial charge in [-0.3, -0.25) is 4.98 Å². The molecule has 0 atom stereocenters. The van der Waals surface area contributed by atoms with Crippen LogP contribution in [0.25, 0.3) is 21.8 Å². The van der Waals surface area contributed by atoms with Gasteiger partial charge in [0.25, 0.3) is 0 Å². The van der Waals surface area contributed by atoms with Crippen LogP contribution in [0.3, 0.4) is 0 Å². The monoisotopic (exact) mass is 282 g/mol. The van der Waals surface area contributed by atoms with E-state index in [0.29, 0.717) is 0 Å². The molecular formula is C17H22N4. The van der Waals surface area contributed by atoms with E-state index in [9.17, 15) is 0 Å². The van der Waals surface area contributed by atoms with Gasteiger partial charge < -0.3 is 15.2 Å². The molecule has 0 aliphatic carbocycles. The molecule has 0 saturated heterocycles. The minimum Gasteiger partial charge on any atom is -0.353 e. The normalized spacial score (nSPS) is 11.8. The summed E-state index contributed by atoms with van der Waals surface area (Å²) in [7, 11) is 4.21. The standard InChI is InChI=1S/C17H22N4/c1-21(2)9-5-8-18-11-13-10-15-14-6-3-4-7-16(14)20-17(15)12-19-13/h3-4,6-7,10,12,18,20H,5,8-9,11H2,1-2H3. The van der Waals surface area contributed by atoms with Crippen LogP contribution in [0.2, 0.25) is 0 Å². The number of aromatic nitrogens is 2. The Labute approximate surface area is 125 Å². The molecule has 4 heteroatoms. The van der Waals surface area contributed by atoms with Crippen molar-refractivity contribution in [1.82, 2.24) is 20.2 Å². The fraction of sp³-hybridized carbons (Fsp3) is 0.353. The van der Waals surface area contributed by atoms with Crippen LogP contribution >= 0.6 is 0 Å². The number of nitrogens with one attached hydrogen (secondary N) is 2. The van der Waals surface area contributed by atoms with Crippen LogP contribution in [0.1, 0.15) is 12.1 Å². The fourth-order valence-corrected chi connectivity index (χ4v) is 2.63. The number of para-hydroxylation sites is 1. The van der Waals surface area contributed by atoms with Gasteiger partial charge in [0.05, 0.1) is 17.4 Å². The molecule has 0 unspecified atom stereocenters. The molecule has 110 valence electrons. The third-order valence-electron chi connectivity index (χ3n) is 3.71. The summed E-state index contributed by atoms with van der Waals surface area (Å²) >= 11 is 0. The van der Waals surface area contributed by atoms with Crippen molar-refractivity contribution in [2.45, 2.75) is 13.0 Å². The predicted molar refractivity (Wildman–Crippen MR) is 88.5 cm³/mol. The first kappa shape index (κ1) is 14.0. The van der Waals surface area contributed by atoms with E-state index in [-0.39, 0.29) is 0 Å². The number of benzene rings is 1. The quantitative estimate of drug-likeness (QED) is 0.683. The van der Waals surface area contributed by atoms with Gasteiger partial charge in [-0.2, -0.15) is 0 Å². The number of H-pyrrole nitrogens is 1. The van der Waals surface area contributed by atoms with Gasteiger partial charge in [-0.05, 0) is 45.7 Å². The smallest absolute Gasteiger partial charge is 0.0651 e. The molecule has 0 bridgehead atoms. The van der Waals surface area contributed by atoms with E-state index in [1.165, 1.54) is 16.3 Å². The summed E-state index contributed by atoms with van der Waals surface area (Å²) < 4.78 is 0. The van der Waals surface area contributed by atoms with E-state index in [1.807, 2.05) is 6.20 Å². The number of hydrogen-bond acceptors (Lipinski definition) is 3. The van der Waals surface area contributed by atoms with Crippen molar-refractivity contribution in [2.75, 3.05) is 27.2 Å². The van der Waals surface area contributed by atoms with Gasteiger partial charge in [-0.15, -0.1) is 0 Å². The molecule has 0 spiro atoms. The summed E-state index contributed by atoms with van der Waals surface area (Å²) in [5.41, 5.74) is 3.37. The highest BCUT2D eigenvalue weighted by atomic mass is 15.1. The fourth-order valence-electron chi connectivity index (χ4n) is 2.63. The minimum atomic E-state index is 0.822. The van der Waals surface area contributed by atoms with Crippen LogP contribution in [0.4, 0.5) is 0 Å². The Bertz CT molecular complexity index is 730. The van der Waals surface area contributed by atoms with E-state index < -0.39 is 0 Å². The summed E-state index contributed by atoms with van der Waals surface area (Å²) in [5, 5.41) is 5.99. The van der Waals surface area contributed by atoms with Crippen molar-refractivity contribution in [3.63, 3.8) is 0 Å². The Morgan fingerprint density at radius 1 is 1.14 bits per heavy atom. The number of pyridine rings is 1. The van der Waals surface area contributed by atoms with E-state index in [0.717, 1.165) is 37.3 Å². The lowest BCUT2D eigenvalue weighted by Gasteiger charge is -2.09. The lowest BCUT2D eigenvalue weighted by molar-refractivity contribution is 0.394. The molecule has 0 amide bonds. The molecule has 0 saturated carbocycles. The van der Waals surface area contributed by atoms with Gasteiger partial charge >= 0.3 is 0 Å². The van der Waals surface area contributed by atoms with E-state index >= 15 is 0 Å². The highest BCUT2D eigenvalue weighted by Gasteiger charge is 2.05. The van der Waals surface area contributed by atoms with Crippen molar-refractivity contribution in [2.24, 2.45) is 0 Å². The Morgan fingerprint density at radius 3 is 2.86 bits per heavy atom. The average molecular weight is 282 g/mol. The van der Waals surface area contributed by atoms with E-state index in [4.69, 9.17) is 0 Å². The third-order valence-corrected chi connectivity index (χ3v) is 3.71.